The smallest absolute Gasteiger partial charge is 0.357 e. The quantitative estimate of drug-likeness (QED) is 0.817. The van der Waals surface area contributed by atoms with Gasteiger partial charge in [-0.3, -0.25) is 0 Å². The molecule has 2 aromatic heterocycles. The number of carbonyl (C=O) groups is 2. The van der Waals surface area contributed by atoms with Crippen LogP contribution in [0.3, 0.4) is 0 Å². The topological polar surface area (TPSA) is 105 Å². The van der Waals surface area contributed by atoms with Gasteiger partial charge in [-0.15, -0.1) is 11.3 Å². The Morgan fingerprint density at radius 2 is 2.06 bits per heavy atom. The molecule has 8 heteroatoms. The number of nitrogens with zero attached hydrogens (tertiary/aromatic N) is 3. The number of aromatic carboxylic acids is 2. The Kier molecular flexibility index (Phi) is 2.41. The van der Waals surface area contributed by atoms with E-state index in [0.717, 1.165) is 10.9 Å². The van der Waals surface area contributed by atoms with Crippen molar-refractivity contribution in [1.29, 1.82) is 0 Å². The molecule has 7 nitrogen and oxygen atoms in total. The van der Waals surface area contributed by atoms with E-state index in [-0.39, 0.29) is 5.56 Å². The molecule has 0 aliphatic rings. The van der Waals surface area contributed by atoms with Crippen molar-refractivity contribution >= 4 is 23.3 Å². The molecule has 0 radical (unpaired) electrons. The minimum Gasteiger partial charge on any atom is -0.478 e. The fourth-order valence-electron chi connectivity index (χ4n) is 1.12. The van der Waals surface area contributed by atoms with Crippen LogP contribution in [0.5, 0.6) is 0 Å². The van der Waals surface area contributed by atoms with Crippen LogP contribution in [0.25, 0.3) is 5.13 Å². The Balaban J connectivity index is 2.55. The largest absolute Gasteiger partial charge is 0.478 e. The van der Waals surface area contributed by atoms with Gasteiger partial charge in [0.15, 0.2) is 5.69 Å². The molecule has 0 amide bonds. The first-order chi connectivity index (χ1) is 7.59. The van der Waals surface area contributed by atoms with Crippen LogP contribution in [0.4, 0.5) is 0 Å². The molecule has 2 aromatic rings. The van der Waals surface area contributed by atoms with Crippen LogP contribution >= 0.6 is 11.3 Å². The number of carboxylic acids is 2. The van der Waals surface area contributed by atoms with Crippen molar-refractivity contribution in [2.24, 2.45) is 0 Å². The molecule has 16 heavy (non-hydrogen) atoms. The van der Waals surface area contributed by atoms with Gasteiger partial charge in [0.2, 0.25) is 5.13 Å². The molecule has 0 unspecified atom stereocenters. The summed E-state index contributed by atoms with van der Waals surface area (Å²) in [5.74, 6) is -2.71. The van der Waals surface area contributed by atoms with Crippen LogP contribution in [-0.4, -0.2) is 36.9 Å². The highest BCUT2D eigenvalue weighted by molar-refractivity contribution is 7.12. The van der Waals surface area contributed by atoms with Gasteiger partial charge < -0.3 is 10.2 Å². The van der Waals surface area contributed by atoms with E-state index in [1.807, 2.05) is 0 Å². The first-order valence-corrected chi connectivity index (χ1v) is 4.93. The van der Waals surface area contributed by atoms with Gasteiger partial charge in [-0.05, 0) is 0 Å². The number of hydrogen-bond acceptors (Lipinski definition) is 5. The Labute approximate surface area is 92.6 Å². The van der Waals surface area contributed by atoms with Gasteiger partial charge in [0.25, 0.3) is 0 Å². The Bertz CT molecular complexity index is 514. The molecule has 2 rings (SSSR count). The van der Waals surface area contributed by atoms with Crippen LogP contribution in [0, 0.1) is 0 Å². The van der Waals surface area contributed by atoms with E-state index in [0.29, 0.717) is 5.13 Å². The predicted octanol–water partition coefficient (Wildman–Crippen LogP) is 0.725. The fraction of sp³-hybridized carbons (Fsp3) is 0. The third-order valence-corrected chi connectivity index (χ3v) is 2.52. The summed E-state index contributed by atoms with van der Waals surface area (Å²) in [6.45, 7) is 0. The number of carboxylic acid groups (broad SMARTS) is 2. The maximum Gasteiger partial charge on any atom is 0.357 e. The molecule has 0 aromatic carbocycles. The second kappa shape index (κ2) is 3.74. The SMILES string of the molecule is O=C(O)c1cn(-c2nccs2)nc1C(=O)O. The summed E-state index contributed by atoms with van der Waals surface area (Å²) in [4.78, 5) is 25.4. The van der Waals surface area contributed by atoms with Gasteiger partial charge in [0.1, 0.15) is 5.56 Å². The van der Waals surface area contributed by atoms with Crippen LogP contribution < -0.4 is 0 Å². The molecule has 2 N–H and O–H groups in total. The maximum atomic E-state index is 10.8. The lowest BCUT2D eigenvalue weighted by molar-refractivity contribution is 0.0648. The van der Waals surface area contributed by atoms with E-state index in [1.54, 1.807) is 5.38 Å². The summed E-state index contributed by atoms with van der Waals surface area (Å²) in [6, 6.07) is 0. The maximum absolute atomic E-state index is 10.8. The van der Waals surface area contributed by atoms with Gasteiger partial charge in [-0.25, -0.2) is 19.3 Å². The molecule has 0 aliphatic carbocycles. The minimum atomic E-state index is -1.38. The van der Waals surface area contributed by atoms with Crippen molar-refractivity contribution in [1.82, 2.24) is 14.8 Å². The molecular formula is C8H5N3O4S. The first kappa shape index (κ1) is 10.3. The number of thiazole rings is 1. The van der Waals surface area contributed by atoms with Crippen molar-refractivity contribution < 1.29 is 19.8 Å². The van der Waals surface area contributed by atoms with Crippen LogP contribution in [0.15, 0.2) is 17.8 Å². The second-order valence-corrected chi connectivity index (χ2v) is 3.63. The highest BCUT2D eigenvalue weighted by Crippen LogP contribution is 2.14. The third-order valence-electron chi connectivity index (χ3n) is 1.76. The predicted molar refractivity (Wildman–Crippen MR) is 53.2 cm³/mol. The summed E-state index contributed by atoms with van der Waals surface area (Å²) in [7, 11) is 0. The van der Waals surface area contributed by atoms with Crippen LogP contribution in [0.2, 0.25) is 0 Å². The molecule has 2 heterocycles. The van der Waals surface area contributed by atoms with E-state index in [4.69, 9.17) is 10.2 Å². The molecule has 0 saturated carbocycles. The van der Waals surface area contributed by atoms with E-state index >= 15 is 0 Å². The van der Waals surface area contributed by atoms with Gasteiger partial charge in [0, 0.05) is 17.8 Å². The average Bonchev–Trinajstić information content (AvgIpc) is 2.86. The average molecular weight is 239 g/mol. The highest BCUT2D eigenvalue weighted by atomic mass is 32.1. The van der Waals surface area contributed by atoms with Crippen molar-refractivity contribution in [3.63, 3.8) is 0 Å². The molecule has 0 bridgehead atoms. The van der Waals surface area contributed by atoms with Gasteiger partial charge >= 0.3 is 11.9 Å². The number of aromatic nitrogens is 3. The third kappa shape index (κ3) is 1.65. The first-order valence-electron chi connectivity index (χ1n) is 4.05. The number of rotatable bonds is 3. The fourth-order valence-corrected chi connectivity index (χ4v) is 1.68. The zero-order chi connectivity index (χ0) is 11.7. The standard InChI is InChI=1S/C8H5N3O4S/c12-6(13)4-3-11(8-9-1-2-16-8)10-5(4)7(14)15/h1-3H,(H,12,13)(H,14,15). The zero-order valence-electron chi connectivity index (χ0n) is 7.69. The minimum absolute atomic E-state index is 0.359. The monoisotopic (exact) mass is 239 g/mol. The summed E-state index contributed by atoms with van der Waals surface area (Å²) in [5.41, 5.74) is -0.856. The molecule has 0 aliphatic heterocycles. The summed E-state index contributed by atoms with van der Waals surface area (Å²) in [5, 5.41) is 23.3. The molecule has 0 fully saturated rings. The van der Waals surface area contributed by atoms with E-state index in [2.05, 4.69) is 10.1 Å². The molecule has 0 saturated heterocycles. The normalized spacial score (nSPS) is 10.2. The summed E-state index contributed by atoms with van der Waals surface area (Å²) >= 11 is 1.22. The van der Waals surface area contributed by atoms with Crippen molar-refractivity contribution in [3.8, 4) is 5.13 Å². The van der Waals surface area contributed by atoms with E-state index in [9.17, 15) is 9.59 Å². The van der Waals surface area contributed by atoms with Crippen molar-refractivity contribution in [3.05, 3.63) is 29.0 Å². The Hall–Kier alpha value is -2.22. The van der Waals surface area contributed by atoms with Crippen molar-refractivity contribution in [2.45, 2.75) is 0 Å². The van der Waals surface area contributed by atoms with Crippen LogP contribution in [-0.2, 0) is 0 Å². The summed E-state index contributed by atoms with van der Waals surface area (Å²) in [6.07, 6.45) is 2.65. The number of hydrogen-bond donors (Lipinski definition) is 2. The van der Waals surface area contributed by atoms with Crippen LogP contribution in [0.1, 0.15) is 20.8 Å². The lowest BCUT2D eigenvalue weighted by atomic mass is 10.2. The van der Waals surface area contributed by atoms with E-state index in [1.165, 1.54) is 17.5 Å². The molecule has 0 atom stereocenters. The second-order valence-electron chi connectivity index (χ2n) is 2.76. The summed E-state index contributed by atoms with van der Waals surface area (Å²) < 4.78 is 1.14. The Morgan fingerprint density at radius 1 is 1.31 bits per heavy atom. The lowest BCUT2D eigenvalue weighted by Gasteiger charge is -1.91. The zero-order valence-corrected chi connectivity index (χ0v) is 8.51. The van der Waals surface area contributed by atoms with Gasteiger partial charge in [-0.1, -0.05) is 0 Å². The highest BCUT2D eigenvalue weighted by Gasteiger charge is 2.21. The Morgan fingerprint density at radius 3 is 2.50 bits per heavy atom. The van der Waals surface area contributed by atoms with E-state index < -0.39 is 17.6 Å². The van der Waals surface area contributed by atoms with Gasteiger partial charge in [-0.2, -0.15) is 5.10 Å². The lowest BCUT2D eigenvalue weighted by Crippen LogP contribution is -2.06. The molecule has 0 spiro atoms. The molecule has 82 valence electrons. The molecular weight excluding hydrogens is 234 g/mol. The van der Waals surface area contributed by atoms with Gasteiger partial charge in [0.05, 0.1) is 0 Å². The van der Waals surface area contributed by atoms with Crippen molar-refractivity contribution in [2.75, 3.05) is 0 Å².